The van der Waals surface area contributed by atoms with Crippen molar-refractivity contribution in [1.82, 2.24) is 0 Å². The number of hydrogen-bond acceptors (Lipinski definition) is 5. The van der Waals surface area contributed by atoms with Crippen LogP contribution in [-0.4, -0.2) is 33.4 Å². The first-order valence-electron chi connectivity index (χ1n) is 8.89. The van der Waals surface area contributed by atoms with Crippen molar-refractivity contribution in [2.75, 3.05) is 37.7 Å². The lowest BCUT2D eigenvalue weighted by Crippen LogP contribution is -2.09. The first-order valence-corrected chi connectivity index (χ1v) is 8.89. The molecule has 1 aliphatic heterocycles. The van der Waals surface area contributed by atoms with E-state index in [-0.39, 0.29) is 12.7 Å². The number of nitrogens with one attached hydrogen (secondary N) is 1. The van der Waals surface area contributed by atoms with E-state index < -0.39 is 0 Å². The molecule has 6 heteroatoms. The Morgan fingerprint density at radius 3 is 2.78 bits per heavy atom. The van der Waals surface area contributed by atoms with Crippen LogP contribution in [0.3, 0.4) is 0 Å². The lowest BCUT2D eigenvalue weighted by atomic mass is 10.1. The number of anilines is 2. The Morgan fingerprint density at radius 1 is 1.19 bits per heavy atom. The van der Waals surface area contributed by atoms with E-state index in [0.29, 0.717) is 23.8 Å². The second-order valence-electron chi connectivity index (χ2n) is 6.36. The smallest absolute Gasteiger partial charge is 0.248 e. The van der Waals surface area contributed by atoms with Gasteiger partial charge in [0.2, 0.25) is 12.7 Å². The van der Waals surface area contributed by atoms with Crippen LogP contribution in [0.5, 0.6) is 17.2 Å². The quantitative estimate of drug-likeness (QED) is 0.751. The largest absolute Gasteiger partial charge is 0.493 e. The molecule has 1 amide bonds. The van der Waals surface area contributed by atoms with E-state index >= 15 is 0 Å². The van der Waals surface area contributed by atoms with Crippen molar-refractivity contribution in [3.8, 4) is 17.2 Å². The number of carbonyl (C=O) groups excluding carboxylic acids is 1. The van der Waals surface area contributed by atoms with Crippen LogP contribution in [0, 0.1) is 0 Å². The summed E-state index contributed by atoms with van der Waals surface area (Å²) in [6, 6.07) is 11.2. The third kappa shape index (κ3) is 4.73. The molecule has 0 spiro atoms. The summed E-state index contributed by atoms with van der Waals surface area (Å²) in [4.78, 5) is 14.3. The molecule has 0 atom stereocenters. The number of ether oxygens (including phenoxy) is 3. The summed E-state index contributed by atoms with van der Waals surface area (Å²) in [5.41, 5.74) is 2.55. The first-order chi connectivity index (χ1) is 13.1. The number of carbonyl (C=O) groups is 1. The maximum Gasteiger partial charge on any atom is 0.248 e. The molecule has 0 radical (unpaired) electrons. The van der Waals surface area contributed by atoms with E-state index in [1.807, 2.05) is 37.2 Å². The maximum atomic E-state index is 12.3. The van der Waals surface area contributed by atoms with Gasteiger partial charge in [-0.25, -0.2) is 0 Å². The zero-order valence-electron chi connectivity index (χ0n) is 15.8. The van der Waals surface area contributed by atoms with Gasteiger partial charge < -0.3 is 24.4 Å². The predicted octanol–water partition coefficient (Wildman–Crippen LogP) is 3.92. The van der Waals surface area contributed by atoms with Crippen molar-refractivity contribution in [3.63, 3.8) is 0 Å². The average Bonchev–Trinajstić information content (AvgIpc) is 3.12. The molecule has 1 N–H and O–H groups in total. The van der Waals surface area contributed by atoms with Gasteiger partial charge in [-0.15, -0.1) is 0 Å². The number of hydrogen-bond donors (Lipinski definition) is 1. The van der Waals surface area contributed by atoms with Gasteiger partial charge in [-0.1, -0.05) is 6.92 Å². The van der Waals surface area contributed by atoms with Crippen molar-refractivity contribution in [2.24, 2.45) is 0 Å². The fourth-order valence-corrected chi connectivity index (χ4v) is 2.60. The summed E-state index contributed by atoms with van der Waals surface area (Å²) in [6.45, 7) is 2.89. The van der Waals surface area contributed by atoms with E-state index in [0.717, 1.165) is 23.4 Å². The number of fused-ring (bicyclic) bond motifs is 1. The topological polar surface area (TPSA) is 60.0 Å². The normalized spacial score (nSPS) is 12.3. The minimum atomic E-state index is -0.230. The summed E-state index contributed by atoms with van der Waals surface area (Å²) in [7, 11) is 3.96. The van der Waals surface area contributed by atoms with Crippen LogP contribution in [0.25, 0.3) is 6.08 Å². The van der Waals surface area contributed by atoms with Crippen LogP contribution < -0.4 is 24.4 Å². The molecule has 142 valence electrons. The predicted molar refractivity (Wildman–Crippen MR) is 107 cm³/mol. The molecule has 2 aromatic rings. The molecule has 1 aliphatic rings. The molecule has 3 rings (SSSR count). The van der Waals surface area contributed by atoms with Crippen LogP contribution >= 0.6 is 0 Å². The Kier molecular flexibility index (Phi) is 5.86. The van der Waals surface area contributed by atoms with Gasteiger partial charge in [0.15, 0.2) is 11.5 Å². The summed E-state index contributed by atoms with van der Waals surface area (Å²) in [5.74, 6) is 1.84. The molecule has 0 fully saturated rings. The number of amides is 1. The first kappa shape index (κ1) is 18.6. The summed E-state index contributed by atoms with van der Waals surface area (Å²) in [6.07, 6.45) is 4.17. The van der Waals surface area contributed by atoms with E-state index in [9.17, 15) is 4.79 Å². The van der Waals surface area contributed by atoms with Crippen molar-refractivity contribution in [2.45, 2.75) is 13.3 Å². The highest BCUT2D eigenvalue weighted by Crippen LogP contribution is 2.34. The van der Waals surface area contributed by atoms with Crippen LogP contribution in [-0.2, 0) is 4.79 Å². The highest BCUT2D eigenvalue weighted by Gasteiger charge is 2.13. The molecular weight excluding hydrogens is 344 g/mol. The van der Waals surface area contributed by atoms with Gasteiger partial charge >= 0.3 is 0 Å². The summed E-state index contributed by atoms with van der Waals surface area (Å²) >= 11 is 0. The van der Waals surface area contributed by atoms with Gasteiger partial charge in [0.25, 0.3) is 0 Å². The highest BCUT2D eigenvalue weighted by molar-refractivity contribution is 6.02. The number of nitrogens with zero attached hydrogens (tertiary/aromatic N) is 1. The van der Waals surface area contributed by atoms with Crippen molar-refractivity contribution in [3.05, 3.63) is 48.0 Å². The Hall–Kier alpha value is -3.15. The van der Waals surface area contributed by atoms with Gasteiger partial charge in [0.05, 0.1) is 6.61 Å². The van der Waals surface area contributed by atoms with Gasteiger partial charge in [-0.05, 0) is 36.8 Å². The van der Waals surface area contributed by atoms with Gasteiger partial charge in [-0.3, -0.25) is 4.79 Å². The summed E-state index contributed by atoms with van der Waals surface area (Å²) < 4.78 is 16.4. The zero-order chi connectivity index (χ0) is 19.2. The van der Waals surface area contributed by atoms with Crippen LogP contribution in [0.1, 0.15) is 18.9 Å². The van der Waals surface area contributed by atoms with E-state index in [1.165, 1.54) is 6.08 Å². The second-order valence-corrected chi connectivity index (χ2v) is 6.36. The molecule has 0 aliphatic carbocycles. The monoisotopic (exact) mass is 368 g/mol. The lowest BCUT2D eigenvalue weighted by molar-refractivity contribution is -0.111. The third-order valence-electron chi connectivity index (χ3n) is 4.03. The summed E-state index contributed by atoms with van der Waals surface area (Å²) in [5, 5.41) is 2.82. The second kappa shape index (κ2) is 8.49. The molecule has 0 saturated heterocycles. The molecule has 6 nitrogen and oxygen atoms in total. The Labute approximate surface area is 159 Å². The Morgan fingerprint density at radius 2 is 2.00 bits per heavy atom. The third-order valence-corrected chi connectivity index (χ3v) is 4.03. The zero-order valence-corrected chi connectivity index (χ0v) is 15.8. The highest BCUT2D eigenvalue weighted by atomic mass is 16.7. The van der Waals surface area contributed by atoms with Gasteiger partial charge in [0.1, 0.15) is 5.75 Å². The van der Waals surface area contributed by atoms with Crippen LogP contribution in [0.15, 0.2) is 42.5 Å². The number of rotatable bonds is 7. The molecule has 0 saturated carbocycles. The molecule has 0 aromatic heterocycles. The molecule has 27 heavy (non-hydrogen) atoms. The van der Waals surface area contributed by atoms with Crippen molar-refractivity contribution < 1.29 is 19.0 Å². The van der Waals surface area contributed by atoms with Crippen molar-refractivity contribution >= 4 is 23.4 Å². The minimum Gasteiger partial charge on any atom is -0.493 e. The van der Waals surface area contributed by atoms with Crippen molar-refractivity contribution in [1.29, 1.82) is 0 Å². The molecular formula is C21H24N2O4. The standard InChI is InChI=1S/C21H24N2O4/c1-4-11-25-19-13-17(23(2)3)8-5-15(19)6-10-21(24)22-16-7-9-18-20(12-16)27-14-26-18/h5-10,12-13H,4,11,14H2,1-3H3,(H,22,24)/b10-6+. The van der Waals surface area contributed by atoms with E-state index in [2.05, 4.69) is 12.2 Å². The maximum absolute atomic E-state index is 12.3. The Bertz CT molecular complexity index is 846. The SMILES string of the molecule is CCCOc1cc(N(C)C)ccc1/C=C/C(=O)Nc1ccc2c(c1)OCO2. The number of benzene rings is 2. The average molecular weight is 368 g/mol. The van der Waals surface area contributed by atoms with E-state index in [1.54, 1.807) is 24.3 Å². The molecule has 2 aromatic carbocycles. The van der Waals surface area contributed by atoms with Crippen LogP contribution in [0.4, 0.5) is 11.4 Å². The van der Waals surface area contributed by atoms with Gasteiger partial charge in [0, 0.05) is 49.2 Å². The van der Waals surface area contributed by atoms with Gasteiger partial charge in [-0.2, -0.15) is 0 Å². The fourth-order valence-electron chi connectivity index (χ4n) is 2.60. The molecule has 0 unspecified atom stereocenters. The minimum absolute atomic E-state index is 0.204. The fraction of sp³-hybridized carbons (Fsp3) is 0.286. The Balaban J connectivity index is 1.71. The lowest BCUT2D eigenvalue weighted by Gasteiger charge is -2.16. The molecule has 1 heterocycles. The van der Waals surface area contributed by atoms with E-state index in [4.69, 9.17) is 14.2 Å². The van der Waals surface area contributed by atoms with Crippen LogP contribution in [0.2, 0.25) is 0 Å². The molecule has 0 bridgehead atoms.